The quantitative estimate of drug-likeness (QED) is 0.745. The minimum Gasteiger partial charge on any atom is -0.480 e. The number of carbonyl (C=O) groups is 3. The fourth-order valence-corrected chi connectivity index (χ4v) is 1.52. The molecule has 6 heteroatoms. The van der Waals surface area contributed by atoms with E-state index in [1.54, 1.807) is 25.1 Å². The minimum absolute atomic E-state index is 0.241. The van der Waals surface area contributed by atoms with Crippen molar-refractivity contribution in [3.8, 4) is 0 Å². The van der Waals surface area contributed by atoms with Crippen LogP contribution in [-0.4, -0.2) is 28.9 Å². The van der Waals surface area contributed by atoms with Crippen LogP contribution in [0.4, 0.5) is 5.69 Å². The van der Waals surface area contributed by atoms with Crippen LogP contribution < -0.4 is 10.6 Å². The Morgan fingerprint density at radius 2 is 2.00 bits per heavy atom. The molecule has 0 aliphatic heterocycles. The summed E-state index contributed by atoms with van der Waals surface area (Å²) in [4.78, 5) is 33.6. The van der Waals surface area contributed by atoms with E-state index < -0.39 is 17.9 Å². The van der Waals surface area contributed by atoms with Crippen molar-refractivity contribution in [2.45, 2.75) is 26.3 Å². The molecule has 0 fully saturated rings. The zero-order chi connectivity index (χ0) is 14.4. The Hall–Kier alpha value is -2.37. The Morgan fingerprint density at radius 1 is 1.32 bits per heavy atom. The maximum Gasteiger partial charge on any atom is 0.326 e. The monoisotopic (exact) mass is 264 g/mol. The topological polar surface area (TPSA) is 95.5 Å². The van der Waals surface area contributed by atoms with E-state index in [0.717, 1.165) is 0 Å². The summed E-state index contributed by atoms with van der Waals surface area (Å²) in [6.07, 6.45) is 0.298. The van der Waals surface area contributed by atoms with Gasteiger partial charge in [-0.25, -0.2) is 4.79 Å². The lowest BCUT2D eigenvalue weighted by Gasteiger charge is -2.12. The molecule has 0 bridgehead atoms. The molecule has 0 saturated carbocycles. The number of benzene rings is 1. The molecule has 102 valence electrons. The number of amides is 2. The van der Waals surface area contributed by atoms with Crippen LogP contribution in [0.5, 0.6) is 0 Å². The lowest BCUT2D eigenvalue weighted by atomic mass is 10.1. The van der Waals surface area contributed by atoms with Crippen molar-refractivity contribution in [1.82, 2.24) is 5.32 Å². The number of hydrogen-bond acceptors (Lipinski definition) is 3. The van der Waals surface area contributed by atoms with Crippen molar-refractivity contribution in [3.05, 3.63) is 29.8 Å². The largest absolute Gasteiger partial charge is 0.480 e. The first kappa shape index (κ1) is 14.7. The highest BCUT2D eigenvalue weighted by molar-refractivity contribution is 5.98. The number of carbonyl (C=O) groups excluding carboxylic acids is 2. The van der Waals surface area contributed by atoms with Crippen molar-refractivity contribution in [2.24, 2.45) is 0 Å². The van der Waals surface area contributed by atoms with Gasteiger partial charge < -0.3 is 15.7 Å². The molecule has 0 heterocycles. The van der Waals surface area contributed by atoms with Gasteiger partial charge in [-0.3, -0.25) is 9.59 Å². The predicted octanol–water partition coefficient (Wildman–Crippen LogP) is 1.24. The van der Waals surface area contributed by atoms with Gasteiger partial charge in [0, 0.05) is 18.2 Å². The van der Waals surface area contributed by atoms with Crippen molar-refractivity contribution in [1.29, 1.82) is 0 Å². The molecule has 0 radical (unpaired) electrons. The average Bonchev–Trinajstić information content (AvgIpc) is 2.34. The van der Waals surface area contributed by atoms with Crippen LogP contribution in [0, 0.1) is 0 Å². The predicted molar refractivity (Wildman–Crippen MR) is 69.9 cm³/mol. The van der Waals surface area contributed by atoms with Crippen LogP contribution in [0.15, 0.2) is 24.3 Å². The molecule has 2 amide bonds. The molecule has 0 aliphatic carbocycles. The maximum absolute atomic E-state index is 11.9. The second kappa shape index (κ2) is 6.53. The SMILES string of the molecule is CC[C@@H](NC(=O)c1cccc(NC(C)=O)c1)C(=O)O. The summed E-state index contributed by atoms with van der Waals surface area (Å²) in [5, 5.41) is 13.8. The summed E-state index contributed by atoms with van der Waals surface area (Å²) in [6.45, 7) is 3.04. The van der Waals surface area contributed by atoms with Gasteiger partial charge in [0.25, 0.3) is 5.91 Å². The van der Waals surface area contributed by atoms with Crippen LogP contribution in [-0.2, 0) is 9.59 Å². The molecule has 0 aromatic heterocycles. The second-order valence-electron chi connectivity index (χ2n) is 4.03. The molecule has 0 aliphatic rings. The molecule has 6 nitrogen and oxygen atoms in total. The van der Waals surface area contributed by atoms with E-state index in [1.807, 2.05) is 0 Å². The van der Waals surface area contributed by atoms with Crippen LogP contribution in [0.1, 0.15) is 30.6 Å². The highest BCUT2D eigenvalue weighted by Gasteiger charge is 2.18. The molecule has 0 saturated heterocycles. The van der Waals surface area contributed by atoms with Crippen molar-refractivity contribution in [2.75, 3.05) is 5.32 Å². The van der Waals surface area contributed by atoms with E-state index in [4.69, 9.17) is 5.11 Å². The van der Waals surface area contributed by atoms with Gasteiger partial charge in [-0.05, 0) is 24.6 Å². The van der Waals surface area contributed by atoms with E-state index >= 15 is 0 Å². The first-order valence-corrected chi connectivity index (χ1v) is 5.85. The van der Waals surface area contributed by atoms with Gasteiger partial charge >= 0.3 is 5.97 Å². The summed E-state index contributed by atoms with van der Waals surface area (Å²) >= 11 is 0. The Balaban J connectivity index is 2.82. The molecule has 1 rings (SSSR count). The van der Waals surface area contributed by atoms with E-state index in [2.05, 4.69) is 10.6 Å². The lowest BCUT2D eigenvalue weighted by Crippen LogP contribution is -2.40. The number of carboxylic acids is 1. The number of anilines is 1. The van der Waals surface area contributed by atoms with Gasteiger partial charge in [-0.2, -0.15) is 0 Å². The van der Waals surface area contributed by atoms with Crippen molar-refractivity contribution >= 4 is 23.5 Å². The molecular weight excluding hydrogens is 248 g/mol. The van der Waals surface area contributed by atoms with E-state index in [-0.39, 0.29) is 5.91 Å². The number of rotatable bonds is 5. The Bertz CT molecular complexity index is 499. The van der Waals surface area contributed by atoms with Gasteiger partial charge in [-0.1, -0.05) is 13.0 Å². The highest BCUT2D eigenvalue weighted by Crippen LogP contribution is 2.11. The third-order valence-corrected chi connectivity index (χ3v) is 2.46. The molecule has 1 aromatic rings. The molecule has 0 spiro atoms. The van der Waals surface area contributed by atoms with Gasteiger partial charge in [0.2, 0.25) is 5.91 Å². The second-order valence-corrected chi connectivity index (χ2v) is 4.03. The van der Waals surface area contributed by atoms with E-state index in [9.17, 15) is 14.4 Å². The van der Waals surface area contributed by atoms with Gasteiger partial charge in [-0.15, -0.1) is 0 Å². The zero-order valence-electron chi connectivity index (χ0n) is 10.8. The number of nitrogens with one attached hydrogen (secondary N) is 2. The Kier molecular flexibility index (Phi) is 5.05. The molecule has 1 aromatic carbocycles. The van der Waals surface area contributed by atoms with Gasteiger partial charge in [0.1, 0.15) is 6.04 Å². The van der Waals surface area contributed by atoms with Crippen LogP contribution in [0.25, 0.3) is 0 Å². The fraction of sp³-hybridized carbons (Fsp3) is 0.308. The molecule has 1 atom stereocenters. The Labute approximate surface area is 110 Å². The molecular formula is C13H16N2O4. The lowest BCUT2D eigenvalue weighted by molar-refractivity contribution is -0.139. The fourth-order valence-electron chi connectivity index (χ4n) is 1.52. The minimum atomic E-state index is -1.08. The molecule has 0 unspecified atom stereocenters. The van der Waals surface area contributed by atoms with Crippen LogP contribution in [0.3, 0.4) is 0 Å². The van der Waals surface area contributed by atoms with Crippen LogP contribution in [0.2, 0.25) is 0 Å². The summed E-state index contributed by atoms with van der Waals surface area (Å²) < 4.78 is 0. The smallest absolute Gasteiger partial charge is 0.326 e. The summed E-state index contributed by atoms with van der Waals surface area (Å²) in [6, 6.07) is 5.38. The first-order valence-electron chi connectivity index (χ1n) is 5.85. The molecule has 3 N–H and O–H groups in total. The van der Waals surface area contributed by atoms with Crippen molar-refractivity contribution < 1.29 is 19.5 Å². The van der Waals surface area contributed by atoms with E-state index in [0.29, 0.717) is 17.7 Å². The number of aliphatic carboxylic acids is 1. The number of hydrogen-bond donors (Lipinski definition) is 3. The average molecular weight is 264 g/mol. The van der Waals surface area contributed by atoms with Gasteiger partial charge in [0.05, 0.1) is 0 Å². The van der Waals surface area contributed by atoms with Crippen LogP contribution >= 0.6 is 0 Å². The highest BCUT2D eigenvalue weighted by atomic mass is 16.4. The normalized spacial score (nSPS) is 11.5. The first-order chi connectivity index (χ1) is 8.93. The zero-order valence-corrected chi connectivity index (χ0v) is 10.8. The van der Waals surface area contributed by atoms with Crippen molar-refractivity contribution in [3.63, 3.8) is 0 Å². The summed E-state index contributed by atoms with van der Waals surface area (Å²) in [5.41, 5.74) is 0.787. The summed E-state index contributed by atoms with van der Waals surface area (Å²) in [7, 11) is 0. The summed E-state index contributed by atoms with van der Waals surface area (Å²) in [5.74, 6) is -1.80. The third-order valence-electron chi connectivity index (χ3n) is 2.46. The number of carboxylic acid groups (broad SMARTS) is 1. The van der Waals surface area contributed by atoms with E-state index in [1.165, 1.54) is 13.0 Å². The standard InChI is InChI=1S/C13H16N2O4/c1-3-11(13(18)19)15-12(17)9-5-4-6-10(7-9)14-8(2)16/h4-7,11H,3H2,1-2H3,(H,14,16)(H,15,17)(H,18,19)/t11-/m1/s1. The van der Waals surface area contributed by atoms with Gasteiger partial charge in [0.15, 0.2) is 0 Å². The Morgan fingerprint density at radius 3 is 2.53 bits per heavy atom. The maximum atomic E-state index is 11.9. The third kappa shape index (κ3) is 4.42. The molecule has 19 heavy (non-hydrogen) atoms.